The number of fused-ring (bicyclic) bond motifs is 1. The van der Waals surface area contributed by atoms with Crippen molar-refractivity contribution in [3.63, 3.8) is 0 Å². The number of methoxy groups -OCH3 is 1. The molecular weight excluding hydrogens is 216 g/mol. The van der Waals surface area contributed by atoms with Gasteiger partial charge in [-0.25, -0.2) is 4.98 Å². The second kappa shape index (κ2) is 5.68. The zero-order valence-corrected chi connectivity index (χ0v) is 10.1. The molecule has 4 nitrogen and oxygen atoms in total. The lowest BCUT2D eigenvalue weighted by Gasteiger charge is -1.97. The van der Waals surface area contributed by atoms with Crippen LogP contribution in [0, 0.1) is 0 Å². The number of nitrogens with zero attached hydrogens (tertiary/aromatic N) is 1. The minimum atomic E-state index is 0.275. The average molecular weight is 234 g/mol. The molecule has 1 aromatic carbocycles. The Morgan fingerprint density at radius 1 is 1.29 bits per heavy atom. The minimum absolute atomic E-state index is 0.275. The number of aromatic nitrogens is 2. The lowest BCUT2D eigenvalue weighted by molar-refractivity contribution is 0.283. The standard InChI is InChI=1S/C13H18N2O2/c1-17-10-6-7-11-12(9-10)15-13(14-11)5-3-2-4-8-16/h6-7,9,16H,2-5,8H2,1H3,(H,14,15). The quantitative estimate of drug-likeness (QED) is 0.754. The number of hydrogen-bond donors (Lipinski definition) is 2. The van der Waals surface area contributed by atoms with Crippen LogP contribution in [-0.4, -0.2) is 28.8 Å². The van der Waals surface area contributed by atoms with E-state index >= 15 is 0 Å². The fraction of sp³-hybridized carbons (Fsp3) is 0.462. The molecule has 4 heteroatoms. The van der Waals surface area contributed by atoms with Gasteiger partial charge in [-0.1, -0.05) is 6.42 Å². The van der Waals surface area contributed by atoms with Gasteiger partial charge in [0.1, 0.15) is 11.6 Å². The van der Waals surface area contributed by atoms with E-state index in [-0.39, 0.29) is 6.61 Å². The second-order valence-electron chi connectivity index (χ2n) is 4.10. The summed E-state index contributed by atoms with van der Waals surface area (Å²) >= 11 is 0. The van der Waals surface area contributed by atoms with Gasteiger partial charge < -0.3 is 14.8 Å². The number of aliphatic hydroxyl groups is 1. The van der Waals surface area contributed by atoms with E-state index in [2.05, 4.69) is 9.97 Å². The van der Waals surface area contributed by atoms with Crippen LogP contribution in [0.1, 0.15) is 25.1 Å². The largest absolute Gasteiger partial charge is 0.497 e. The molecule has 0 spiro atoms. The monoisotopic (exact) mass is 234 g/mol. The van der Waals surface area contributed by atoms with E-state index in [9.17, 15) is 0 Å². The average Bonchev–Trinajstić information content (AvgIpc) is 2.76. The Morgan fingerprint density at radius 3 is 2.94 bits per heavy atom. The molecule has 0 unspecified atom stereocenters. The maximum atomic E-state index is 8.70. The van der Waals surface area contributed by atoms with E-state index in [1.807, 2.05) is 18.2 Å². The van der Waals surface area contributed by atoms with Gasteiger partial charge in [-0.15, -0.1) is 0 Å². The van der Waals surface area contributed by atoms with E-state index in [1.165, 1.54) is 0 Å². The number of aromatic amines is 1. The number of nitrogens with one attached hydrogen (secondary N) is 1. The zero-order valence-electron chi connectivity index (χ0n) is 10.1. The van der Waals surface area contributed by atoms with Crippen molar-refractivity contribution in [1.29, 1.82) is 0 Å². The first-order valence-corrected chi connectivity index (χ1v) is 5.97. The molecule has 1 heterocycles. The first-order chi connectivity index (χ1) is 8.33. The van der Waals surface area contributed by atoms with Crippen molar-refractivity contribution in [2.75, 3.05) is 13.7 Å². The fourth-order valence-electron chi connectivity index (χ4n) is 1.87. The van der Waals surface area contributed by atoms with Gasteiger partial charge in [0.2, 0.25) is 0 Å². The predicted molar refractivity (Wildman–Crippen MR) is 67.3 cm³/mol. The lowest BCUT2D eigenvalue weighted by Crippen LogP contribution is -1.89. The highest BCUT2D eigenvalue weighted by Gasteiger charge is 2.03. The summed E-state index contributed by atoms with van der Waals surface area (Å²) in [6.07, 6.45) is 3.89. The van der Waals surface area contributed by atoms with Crippen molar-refractivity contribution in [2.24, 2.45) is 0 Å². The second-order valence-corrected chi connectivity index (χ2v) is 4.10. The molecule has 0 amide bonds. The number of ether oxygens (including phenoxy) is 1. The van der Waals surface area contributed by atoms with Gasteiger partial charge >= 0.3 is 0 Å². The van der Waals surface area contributed by atoms with E-state index in [0.29, 0.717) is 0 Å². The van der Waals surface area contributed by atoms with Crippen molar-refractivity contribution >= 4 is 11.0 Å². The first kappa shape index (κ1) is 11.9. The smallest absolute Gasteiger partial charge is 0.121 e. The molecule has 2 aromatic rings. The predicted octanol–water partition coefficient (Wildman–Crippen LogP) is 2.28. The Hall–Kier alpha value is -1.55. The number of H-pyrrole nitrogens is 1. The van der Waals surface area contributed by atoms with Gasteiger partial charge in [0.15, 0.2) is 0 Å². The van der Waals surface area contributed by atoms with Crippen LogP contribution in [0.5, 0.6) is 5.75 Å². The van der Waals surface area contributed by atoms with Gasteiger partial charge in [-0.05, 0) is 25.0 Å². The third-order valence-corrected chi connectivity index (χ3v) is 2.81. The molecular formula is C13H18N2O2. The summed E-state index contributed by atoms with van der Waals surface area (Å²) in [7, 11) is 1.66. The summed E-state index contributed by atoms with van der Waals surface area (Å²) in [5.41, 5.74) is 1.99. The number of rotatable bonds is 6. The fourth-order valence-corrected chi connectivity index (χ4v) is 1.87. The van der Waals surface area contributed by atoms with Gasteiger partial charge in [0.25, 0.3) is 0 Å². The number of aliphatic hydroxyl groups excluding tert-OH is 1. The summed E-state index contributed by atoms with van der Waals surface area (Å²) in [6.45, 7) is 0.275. The maximum Gasteiger partial charge on any atom is 0.121 e. The van der Waals surface area contributed by atoms with Crippen LogP contribution < -0.4 is 4.74 Å². The van der Waals surface area contributed by atoms with Gasteiger partial charge in [-0.2, -0.15) is 0 Å². The summed E-state index contributed by atoms with van der Waals surface area (Å²) < 4.78 is 5.17. The Morgan fingerprint density at radius 2 is 2.18 bits per heavy atom. The van der Waals surface area contributed by atoms with Crippen molar-refractivity contribution in [3.05, 3.63) is 24.0 Å². The molecule has 2 rings (SSSR count). The number of benzene rings is 1. The molecule has 0 bridgehead atoms. The highest BCUT2D eigenvalue weighted by Crippen LogP contribution is 2.19. The van der Waals surface area contributed by atoms with Crippen LogP contribution in [0.15, 0.2) is 18.2 Å². The molecule has 0 atom stereocenters. The number of hydrogen-bond acceptors (Lipinski definition) is 3. The third-order valence-electron chi connectivity index (χ3n) is 2.81. The van der Waals surface area contributed by atoms with Crippen LogP contribution in [-0.2, 0) is 6.42 Å². The normalized spacial score (nSPS) is 10.9. The van der Waals surface area contributed by atoms with Crippen LogP contribution in [0.2, 0.25) is 0 Å². The first-order valence-electron chi connectivity index (χ1n) is 5.97. The van der Waals surface area contributed by atoms with Gasteiger partial charge in [0, 0.05) is 19.1 Å². The van der Waals surface area contributed by atoms with Crippen molar-refractivity contribution in [2.45, 2.75) is 25.7 Å². The summed E-state index contributed by atoms with van der Waals surface area (Å²) in [6, 6.07) is 5.83. The molecule has 0 radical (unpaired) electrons. The third kappa shape index (κ3) is 2.97. The summed E-state index contributed by atoms with van der Waals surface area (Å²) in [5.74, 6) is 1.85. The summed E-state index contributed by atoms with van der Waals surface area (Å²) in [4.78, 5) is 7.81. The van der Waals surface area contributed by atoms with Crippen LogP contribution in [0.3, 0.4) is 0 Å². The molecule has 0 saturated carbocycles. The van der Waals surface area contributed by atoms with Crippen molar-refractivity contribution in [1.82, 2.24) is 9.97 Å². The Kier molecular flexibility index (Phi) is 3.98. The highest BCUT2D eigenvalue weighted by molar-refractivity contribution is 5.76. The van der Waals surface area contributed by atoms with Crippen molar-refractivity contribution in [3.8, 4) is 5.75 Å². The Bertz CT molecular complexity index is 479. The molecule has 0 saturated heterocycles. The number of imidazole rings is 1. The van der Waals surface area contributed by atoms with E-state index < -0.39 is 0 Å². The Balaban J connectivity index is 2.04. The molecule has 2 N–H and O–H groups in total. The molecule has 0 aliphatic rings. The van der Waals surface area contributed by atoms with Crippen molar-refractivity contribution < 1.29 is 9.84 Å². The maximum absolute atomic E-state index is 8.70. The molecule has 0 fully saturated rings. The molecule has 0 aliphatic heterocycles. The Labute approximate surface area is 101 Å². The van der Waals surface area contributed by atoms with Crippen LogP contribution in [0.25, 0.3) is 11.0 Å². The zero-order chi connectivity index (χ0) is 12.1. The minimum Gasteiger partial charge on any atom is -0.497 e. The lowest BCUT2D eigenvalue weighted by atomic mass is 10.2. The topological polar surface area (TPSA) is 58.1 Å². The van der Waals surface area contributed by atoms with Crippen LogP contribution in [0.4, 0.5) is 0 Å². The molecule has 0 aliphatic carbocycles. The molecule has 1 aromatic heterocycles. The number of aryl methyl sites for hydroxylation is 1. The van der Waals surface area contributed by atoms with Crippen LogP contribution >= 0.6 is 0 Å². The van der Waals surface area contributed by atoms with E-state index in [1.54, 1.807) is 7.11 Å². The van der Waals surface area contributed by atoms with Gasteiger partial charge in [-0.3, -0.25) is 0 Å². The molecule has 92 valence electrons. The highest BCUT2D eigenvalue weighted by atomic mass is 16.5. The van der Waals surface area contributed by atoms with E-state index in [0.717, 1.165) is 48.3 Å². The van der Waals surface area contributed by atoms with Gasteiger partial charge in [0.05, 0.1) is 18.1 Å². The SMILES string of the molecule is COc1ccc2nc(CCCCCO)[nH]c2c1. The summed E-state index contributed by atoms with van der Waals surface area (Å²) in [5, 5.41) is 8.70. The number of unbranched alkanes of at least 4 members (excludes halogenated alkanes) is 2. The molecule has 17 heavy (non-hydrogen) atoms. The van der Waals surface area contributed by atoms with E-state index in [4.69, 9.17) is 9.84 Å².